The van der Waals surface area contributed by atoms with Crippen LogP contribution in [0.25, 0.3) is 0 Å². The predicted octanol–water partition coefficient (Wildman–Crippen LogP) is 2.81. The quantitative estimate of drug-likeness (QED) is 0.899. The van der Waals surface area contributed by atoms with E-state index in [1.165, 1.54) is 0 Å². The molecule has 1 aromatic rings. The molecule has 2 saturated carbocycles. The first-order valence-corrected chi connectivity index (χ1v) is 7.71. The highest BCUT2D eigenvalue weighted by molar-refractivity contribution is 6.30. The van der Waals surface area contributed by atoms with Gasteiger partial charge in [0.2, 0.25) is 5.91 Å². The van der Waals surface area contributed by atoms with Crippen molar-refractivity contribution in [3.8, 4) is 0 Å². The van der Waals surface area contributed by atoms with Crippen molar-refractivity contribution in [2.45, 2.75) is 37.6 Å². The highest BCUT2D eigenvalue weighted by Crippen LogP contribution is 2.48. The van der Waals surface area contributed by atoms with Gasteiger partial charge in [-0.1, -0.05) is 23.7 Å². The van der Waals surface area contributed by atoms with Gasteiger partial charge in [-0.05, 0) is 49.3 Å². The van der Waals surface area contributed by atoms with E-state index in [4.69, 9.17) is 16.7 Å². The monoisotopic (exact) mass is 307 g/mol. The van der Waals surface area contributed by atoms with Crippen molar-refractivity contribution in [2.24, 2.45) is 11.8 Å². The summed E-state index contributed by atoms with van der Waals surface area (Å²) in [5.41, 5.74) is 1.11. The summed E-state index contributed by atoms with van der Waals surface area (Å²) in [6.45, 7) is 0. The normalized spacial score (nSPS) is 30.9. The van der Waals surface area contributed by atoms with E-state index in [0.29, 0.717) is 17.9 Å². The Morgan fingerprint density at radius 3 is 2.71 bits per heavy atom. The van der Waals surface area contributed by atoms with Crippen LogP contribution in [0.15, 0.2) is 24.3 Å². The van der Waals surface area contributed by atoms with Crippen LogP contribution in [0.2, 0.25) is 5.02 Å². The Hall–Kier alpha value is -1.55. The van der Waals surface area contributed by atoms with Crippen molar-refractivity contribution in [3.05, 3.63) is 34.9 Å². The minimum atomic E-state index is -0.755. The van der Waals surface area contributed by atoms with E-state index in [9.17, 15) is 9.59 Å². The molecular weight excluding hydrogens is 290 g/mol. The Morgan fingerprint density at radius 2 is 2.05 bits per heavy atom. The molecule has 1 aromatic carbocycles. The van der Waals surface area contributed by atoms with Crippen LogP contribution in [0.3, 0.4) is 0 Å². The maximum absolute atomic E-state index is 12.2. The van der Waals surface area contributed by atoms with E-state index in [0.717, 1.165) is 18.4 Å². The molecule has 2 fully saturated rings. The number of hydrogen-bond acceptors (Lipinski definition) is 2. The number of halogens is 1. The number of carboxylic acids is 1. The van der Waals surface area contributed by atoms with Crippen molar-refractivity contribution >= 4 is 23.5 Å². The fourth-order valence-corrected chi connectivity index (χ4v) is 3.43. The van der Waals surface area contributed by atoms with Crippen LogP contribution in [-0.4, -0.2) is 23.0 Å². The highest BCUT2D eigenvalue weighted by atomic mass is 35.5. The van der Waals surface area contributed by atoms with Gasteiger partial charge >= 0.3 is 5.97 Å². The molecule has 0 heterocycles. The Kier molecular flexibility index (Phi) is 3.89. The van der Waals surface area contributed by atoms with E-state index in [-0.39, 0.29) is 29.7 Å². The summed E-state index contributed by atoms with van der Waals surface area (Å²) in [5, 5.41) is 12.7. The maximum Gasteiger partial charge on any atom is 0.306 e. The molecule has 0 saturated heterocycles. The molecule has 3 rings (SSSR count). The molecule has 2 aliphatic carbocycles. The van der Waals surface area contributed by atoms with Gasteiger partial charge in [0.1, 0.15) is 0 Å². The Balaban J connectivity index is 1.53. The van der Waals surface area contributed by atoms with Gasteiger partial charge in [-0.2, -0.15) is 0 Å². The van der Waals surface area contributed by atoms with Crippen LogP contribution in [0.5, 0.6) is 0 Å². The zero-order chi connectivity index (χ0) is 15.0. The fourth-order valence-electron chi connectivity index (χ4n) is 3.24. The number of carbonyl (C=O) groups excluding carboxylic acids is 1. The number of hydrogen-bond donors (Lipinski definition) is 2. The number of rotatable bonds is 4. The first-order valence-electron chi connectivity index (χ1n) is 7.33. The number of benzene rings is 1. The molecule has 0 radical (unpaired) electrons. The van der Waals surface area contributed by atoms with E-state index in [1.54, 1.807) is 0 Å². The summed E-state index contributed by atoms with van der Waals surface area (Å²) in [6, 6.07) is 7.65. The Labute approximate surface area is 128 Å². The molecular formula is C16H18ClNO3. The number of carbonyl (C=O) groups is 2. The van der Waals surface area contributed by atoms with E-state index >= 15 is 0 Å². The van der Waals surface area contributed by atoms with E-state index in [1.807, 2.05) is 24.3 Å². The smallest absolute Gasteiger partial charge is 0.306 e. The third-order valence-electron chi connectivity index (χ3n) is 4.53. The molecule has 0 spiro atoms. The minimum Gasteiger partial charge on any atom is -0.481 e. The molecule has 21 heavy (non-hydrogen) atoms. The van der Waals surface area contributed by atoms with Crippen molar-refractivity contribution in [2.75, 3.05) is 0 Å². The van der Waals surface area contributed by atoms with Gasteiger partial charge in [-0.3, -0.25) is 9.59 Å². The van der Waals surface area contributed by atoms with Crippen LogP contribution in [0.4, 0.5) is 0 Å². The first-order chi connectivity index (χ1) is 10.0. The van der Waals surface area contributed by atoms with Crippen LogP contribution in [-0.2, 0) is 9.59 Å². The van der Waals surface area contributed by atoms with Crippen LogP contribution in [0, 0.1) is 11.8 Å². The van der Waals surface area contributed by atoms with Crippen LogP contribution >= 0.6 is 11.6 Å². The molecule has 112 valence electrons. The third kappa shape index (κ3) is 3.21. The second kappa shape index (κ2) is 5.68. The minimum absolute atomic E-state index is 0.00680. The van der Waals surface area contributed by atoms with E-state index in [2.05, 4.69) is 5.32 Å². The zero-order valence-electron chi connectivity index (χ0n) is 11.6. The van der Waals surface area contributed by atoms with Gasteiger partial charge in [-0.15, -0.1) is 0 Å². The van der Waals surface area contributed by atoms with Crippen molar-refractivity contribution in [1.29, 1.82) is 0 Å². The predicted molar refractivity (Wildman–Crippen MR) is 79.2 cm³/mol. The largest absolute Gasteiger partial charge is 0.481 e. The summed E-state index contributed by atoms with van der Waals surface area (Å²) in [5.74, 6) is -0.753. The number of aliphatic carboxylic acids is 1. The van der Waals surface area contributed by atoms with Crippen molar-refractivity contribution < 1.29 is 14.7 Å². The number of amides is 1. The molecule has 0 aromatic heterocycles. The maximum atomic E-state index is 12.2. The lowest BCUT2D eigenvalue weighted by Gasteiger charge is -2.12. The summed E-state index contributed by atoms with van der Waals surface area (Å²) >= 11 is 5.97. The standard InChI is InChI=1S/C16H18ClNO3/c17-11-3-1-2-9(6-11)13-8-14(13)15(19)18-12-5-4-10(7-12)16(20)21/h1-3,6,10,12-14H,4-5,7-8H2,(H,18,19)(H,20,21)/t10-,12+,13?,14?/m1/s1. The second-order valence-electron chi connectivity index (χ2n) is 6.06. The molecule has 1 amide bonds. The third-order valence-corrected chi connectivity index (χ3v) is 4.77. The van der Waals surface area contributed by atoms with Gasteiger partial charge in [0, 0.05) is 17.0 Å². The summed E-state index contributed by atoms with van der Waals surface area (Å²) in [4.78, 5) is 23.1. The SMILES string of the molecule is O=C(N[C@H]1CC[C@@H](C(=O)O)C1)C1CC1c1cccc(Cl)c1. The lowest BCUT2D eigenvalue weighted by molar-refractivity contribution is -0.141. The highest BCUT2D eigenvalue weighted by Gasteiger charge is 2.45. The van der Waals surface area contributed by atoms with Crippen molar-refractivity contribution in [3.63, 3.8) is 0 Å². The van der Waals surface area contributed by atoms with Crippen LogP contribution in [0.1, 0.15) is 37.2 Å². The molecule has 2 N–H and O–H groups in total. The average Bonchev–Trinajstić information content (AvgIpc) is 3.11. The van der Waals surface area contributed by atoms with Crippen molar-refractivity contribution in [1.82, 2.24) is 5.32 Å². The van der Waals surface area contributed by atoms with Gasteiger partial charge in [0.15, 0.2) is 0 Å². The van der Waals surface area contributed by atoms with E-state index < -0.39 is 5.97 Å². The zero-order valence-corrected chi connectivity index (χ0v) is 12.3. The lowest BCUT2D eigenvalue weighted by atomic mass is 10.1. The topological polar surface area (TPSA) is 66.4 Å². The summed E-state index contributed by atoms with van der Waals surface area (Å²) in [7, 11) is 0. The molecule has 4 atom stereocenters. The number of carboxylic acid groups (broad SMARTS) is 1. The molecule has 0 aliphatic heterocycles. The Morgan fingerprint density at radius 1 is 1.24 bits per heavy atom. The first kappa shape index (κ1) is 14.4. The number of nitrogens with one attached hydrogen (secondary N) is 1. The molecule has 2 aliphatic rings. The summed E-state index contributed by atoms with van der Waals surface area (Å²) in [6.07, 6.45) is 2.82. The Bertz CT molecular complexity index is 574. The molecule has 5 heteroatoms. The molecule has 2 unspecified atom stereocenters. The second-order valence-corrected chi connectivity index (χ2v) is 6.49. The van der Waals surface area contributed by atoms with Gasteiger partial charge in [0.25, 0.3) is 0 Å². The lowest BCUT2D eigenvalue weighted by Crippen LogP contribution is -2.34. The van der Waals surface area contributed by atoms with Crippen LogP contribution < -0.4 is 5.32 Å². The summed E-state index contributed by atoms with van der Waals surface area (Å²) < 4.78 is 0. The van der Waals surface area contributed by atoms with Gasteiger partial charge in [0.05, 0.1) is 5.92 Å². The molecule has 4 nitrogen and oxygen atoms in total. The average molecular weight is 308 g/mol. The van der Waals surface area contributed by atoms with Gasteiger partial charge in [-0.25, -0.2) is 0 Å². The molecule has 0 bridgehead atoms. The van der Waals surface area contributed by atoms with Gasteiger partial charge < -0.3 is 10.4 Å². The fraction of sp³-hybridized carbons (Fsp3) is 0.500.